The van der Waals surface area contributed by atoms with Gasteiger partial charge in [-0.05, 0) is 35.2 Å². The van der Waals surface area contributed by atoms with Crippen molar-refractivity contribution in [3.8, 4) is 0 Å². The molecule has 2 aromatic rings. The Morgan fingerprint density at radius 3 is 2.38 bits per heavy atom. The SMILES string of the molecule is OC(CNC1(C(F)(F)F)CC1)c1ccc2ccccc2c1. The summed E-state index contributed by atoms with van der Waals surface area (Å²) in [5, 5.41) is 14.6. The summed E-state index contributed by atoms with van der Waals surface area (Å²) < 4.78 is 38.4. The third-order valence-corrected chi connectivity index (χ3v) is 4.08. The van der Waals surface area contributed by atoms with Gasteiger partial charge in [-0.1, -0.05) is 36.4 Å². The molecule has 0 heterocycles. The number of benzene rings is 2. The van der Waals surface area contributed by atoms with E-state index in [1.54, 1.807) is 6.07 Å². The highest BCUT2D eigenvalue weighted by Gasteiger charge is 2.63. The number of aliphatic hydroxyl groups excluding tert-OH is 1. The van der Waals surface area contributed by atoms with Crippen LogP contribution in [-0.2, 0) is 0 Å². The van der Waals surface area contributed by atoms with E-state index in [0.29, 0.717) is 5.56 Å². The minimum absolute atomic E-state index is 0.0843. The van der Waals surface area contributed by atoms with Crippen LogP contribution in [0, 0.1) is 0 Å². The molecule has 1 aliphatic rings. The molecule has 2 N–H and O–H groups in total. The van der Waals surface area contributed by atoms with Crippen LogP contribution in [0.2, 0.25) is 0 Å². The highest BCUT2D eigenvalue weighted by Crippen LogP contribution is 2.49. The van der Waals surface area contributed by atoms with Gasteiger partial charge in [0.25, 0.3) is 0 Å². The van der Waals surface area contributed by atoms with Crippen molar-refractivity contribution >= 4 is 10.8 Å². The van der Waals surface area contributed by atoms with Crippen LogP contribution in [0.3, 0.4) is 0 Å². The summed E-state index contributed by atoms with van der Waals surface area (Å²) in [6.45, 7) is -0.0994. The smallest absolute Gasteiger partial charge is 0.387 e. The van der Waals surface area contributed by atoms with E-state index < -0.39 is 17.8 Å². The summed E-state index contributed by atoms with van der Waals surface area (Å²) in [5.41, 5.74) is -1.16. The zero-order chi connectivity index (χ0) is 15.1. The predicted molar refractivity (Wildman–Crippen MR) is 74.9 cm³/mol. The fourth-order valence-corrected chi connectivity index (χ4v) is 2.51. The maximum Gasteiger partial charge on any atom is 0.406 e. The molecule has 21 heavy (non-hydrogen) atoms. The Hall–Kier alpha value is -1.59. The van der Waals surface area contributed by atoms with Crippen molar-refractivity contribution in [1.82, 2.24) is 5.32 Å². The topological polar surface area (TPSA) is 32.3 Å². The van der Waals surface area contributed by atoms with Gasteiger partial charge in [0.05, 0.1) is 6.10 Å². The lowest BCUT2D eigenvalue weighted by atomic mass is 10.0. The summed E-state index contributed by atoms with van der Waals surface area (Å²) in [6, 6.07) is 13.1. The third-order valence-electron chi connectivity index (χ3n) is 4.08. The van der Waals surface area contributed by atoms with Gasteiger partial charge in [0, 0.05) is 6.54 Å². The molecular formula is C16H16F3NO. The van der Waals surface area contributed by atoms with Crippen molar-refractivity contribution in [3.05, 3.63) is 48.0 Å². The average molecular weight is 295 g/mol. The molecular weight excluding hydrogens is 279 g/mol. The second-order valence-corrected chi connectivity index (χ2v) is 5.58. The Morgan fingerprint density at radius 2 is 1.76 bits per heavy atom. The van der Waals surface area contributed by atoms with Crippen LogP contribution in [0.15, 0.2) is 42.5 Å². The minimum Gasteiger partial charge on any atom is -0.387 e. The second kappa shape index (κ2) is 5.00. The van der Waals surface area contributed by atoms with E-state index in [-0.39, 0.29) is 19.4 Å². The molecule has 3 rings (SSSR count). The molecule has 1 aliphatic carbocycles. The van der Waals surface area contributed by atoms with E-state index in [1.165, 1.54) is 0 Å². The Balaban J connectivity index is 1.71. The molecule has 0 saturated heterocycles. The van der Waals surface area contributed by atoms with E-state index in [4.69, 9.17) is 0 Å². The first-order valence-corrected chi connectivity index (χ1v) is 6.90. The van der Waals surface area contributed by atoms with E-state index in [9.17, 15) is 18.3 Å². The Labute approximate surface area is 120 Å². The molecule has 0 spiro atoms. The van der Waals surface area contributed by atoms with Crippen LogP contribution < -0.4 is 5.32 Å². The number of β-amino-alcohol motifs (C(OH)–C–C–N with tert-alkyl or cyclic N) is 1. The van der Waals surface area contributed by atoms with Gasteiger partial charge in [-0.3, -0.25) is 0 Å². The number of rotatable bonds is 4. The van der Waals surface area contributed by atoms with Gasteiger partial charge >= 0.3 is 6.18 Å². The van der Waals surface area contributed by atoms with Crippen LogP contribution in [0.1, 0.15) is 24.5 Å². The van der Waals surface area contributed by atoms with E-state index in [0.717, 1.165) is 10.8 Å². The van der Waals surface area contributed by atoms with E-state index in [1.807, 2.05) is 36.4 Å². The number of fused-ring (bicyclic) bond motifs is 1. The normalized spacial score (nSPS) is 18.7. The number of alkyl halides is 3. The number of halogens is 3. The second-order valence-electron chi connectivity index (χ2n) is 5.58. The number of aliphatic hydroxyl groups is 1. The average Bonchev–Trinajstić information content (AvgIpc) is 3.25. The van der Waals surface area contributed by atoms with Crippen molar-refractivity contribution in [2.45, 2.75) is 30.7 Å². The largest absolute Gasteiger partial charge is 0.406 e. The highest BCUT2D eigenvalue weighted by atomic mass is 19.4. The molecule has 112 valence electrons. The molecule has 0 amide bonds. The number of hydrogen-bond acceptors (Lipinski definition) is 2. The molecule has 5 heteroatoms. The van der Waals surface area contributed by atoms with Gasteiger partial charge in [0.15, 0.2) is 0 Å². The zero-order valence-electron chi connectivity index (χ0n) is 11.3. The molecule has 1 saturated carbocycles. The van der Waals surface area contributed by atoms with Crippen LogP contribution >= 0.6 is 0 Å². The maximum atomic E-state index is 12.8. The first kappa shape index (κ1) is 14.4. The van der Waals surface area contributed by atoms with Gasteiger partial charge in [-0.2, -0.15) is 13.2 Å². The van der Waals surface area contributed by atoms with Crippen molar-refractivity contribution in [3.63, 3.8) is 0 Å². The Bertz CT molecular complexity index is 649. The van der Waals surface area contributed by atoms with Gasteiger partial charge in [-0.15, -0.1) is 0 Å². The molecule has 1 fully saturated rings. The maximum absolute atomic E-state index is 12.8. The van der Waals surface area contributed by atoms with Crippen LogP contribution in [0.25, 0.3) is 10.8 Å². The summed E-state index contributed by atoms with van der Waals surface area (Å²) in [4.78, 5) is 0. The molecule has 0 aromatic heterocycles. The third kappa shape index (κ3) is 2.76. The van der Waals surface area contributed by atoms with Crippen molar-refractivity contribution in [2.75, 3.05) is 6.54 Å². The predicted octanol–water partition coefficient (Wildman–Crippen LogP) is 3.56. The first-order valence-electron chi connectivity index (χ1n) is 6.90. The van der Waals surface area contributed by atoms with E-state index >= 15 is 0 Å². The summed E-state index contributed by atoms with van der Waals surface area (Å²) in [5.74, 6) is 0. The number of nitrogens with one attached hydrogen (secondary N) is 1. The standard InChI is InChI=1S/C16H16F3NO/c17-16(18,19)15(7-8-15)20-10-14(21)13-6-5-11-3-1-2-4-12(11)9-13/h1-6,9,14,20-21H,7-8,10H2. The van der Waals surface area contributed by atoms with Crippen LogP contribution in [0.5, 0.6) is 0 Å². The van der Waals surface area contributed by atoms with Gasteiger partial charge < -0.3 is 10.4 Å². The van der Waals surface area contributed by atoms with Crippen molar-refractivity contribution in [2.24, 2.45) is 0 Å². The quantitative estimate of drug-likeness (QED) is 0.904. The van der Waals surface area contributed by atoms with Crippen molar-refractivity contribution < 1.29 is 18.3 Å². The van der Waals surface area contributed by atoms with Gasteiger partial charge in [0.2, 0.25) is 0 Å². The molecule has 2 aromatic carbocycles. The lowest BCUT2D eigenvalue weighted by Crippen LogP contribution is -2.46. The number of hydrogen-bond donors (Lipinski definition) is 2. The summed E-state index contributed by atoms with van der Waals surface area (Å²) in [6.07, 6.45) is -5.03. The van der Waals surface area contributed by atoms with Crippen molar-refractivity contribution in [1.29, 1.82) is 0 Å². The fraction of sp³-hybridized carbons (Fsp3) is 0.375. The van der Waals surface area contributed by atoms with E-state index in [2.05, 4.69) is 5.32 Å². The molecule has 1 atom stereocenters. The Morgan fingerprint density at radius 1 is 1.10 bits per heavy atom. The molecule has 0 bridgehead atoms. The molecule has 0 radical (unpaired) electrons. The van der Waals surface area contributed by atoms with Crippen LogP contribution in [0.4, 0.5) is 13.2 Å². The zero-order valence-corrected chi connectivity index (χ0v) is 11.3. The summed E-state index contributed by atoms with van der Waals surface area (Å²) in [7, 11) is 0. The lowest BCUT2D eigenvalue weighted by molar-refractivity contribution is -0.166. The minimum atomic E-state index is -4.25. The summed E-state index contributed by atoms with van der Waals surface area (Å²) >= 11 is 0. The van der Waals surface area contributed by atoms with Crippen LogP contribution in [-0.4, -0.2) is 23.4 Å². The lowest BCUT2D eigenvalue weighted by Gasteiger charge is -2.22. The van der Waals surface area contributed by atoms with Gasteiger partial charge in [-0.25, -0.2) is 0 Å². The van der Waals surface area contributed by atoms with Gasteiger partial charge in [0.1, 0.15) is 5.54 Å². The monoisotopic (exact) mass is 295 g/mol. The Kier molecular flexibility index (Phi) is 3.42. The highest BCUT2D eigenvalue weighted by molar-refractivity contribution is 5.83. The first-order chi connectivity index (χ1) is 9.91. The molecule has 2 nitrogen and oxygen atoms in total. The molecule has 0 aliphatic heterocycles. The fourth-order valence-electron chi connectivity index (χ4n) is 2.51. The molecule has 1 unspecified atom stereocenters.